The Balaban J connectivity index is 0. The van der Waals surface area contributed by atoms with Crippen molar-refractivity contribution < 1.29 is 5.11 Å². The standard InChI is InChI=1S/C10H13BO.2C2H6/c1-3-10(2,12)8-4-6-9(11)7-5-8;2*1-2/h4-7,12H,3H2,1-2H3;2*1-2H3. The monoisotopic (exact) mass is 220 g/mol. The summed E-state index contributed by atoms with van der Waals surface area (Å²) in [7, 11) is 5.53. The summed E-state index contributed by atoms with van der Waals surface area (Å²) >= 11 is 0. The van der Waals surface area contributed by atoms with Gasteiger partial charge in [-0.25, -0.2) is 0 Å². The van der Waals surface area contributed by atoms with Gasteiger partial charge in [0.25, 0.3) is 0 Å². The molecule has 2 heteroatoms. The molecule has 16 heavy (non-hydrogen) atoms. The summed E-state index contributed by atoms with van der Waals surface area (Å²) in [6.45, 7) is 11.8. The first kappa shape index (κ1) is 17.6. The third-order valence-electron chi connectivity index (χ3n) is 2.22. The number of rotatable bonds is 2. The summed E-state index contributed by atoms with van der Waals surface area (Å²) < 4.78 is 0. The Morgan fingerprint density at radius 2 is 1.44 bits per heavy atom. The van der Waals surface area contributed by atoms with Crippen LogP contribution in [0.3, 0.4) is 0 Å². The zero-order chi connectivity index (χ0) is 13.2. The molecule has 0 saturated carbocycles. The van der Waals surface area contributed by atoms with Crippen molar-refractivity contribution in [2.24, 2.45) is 0 Å². The van der Waals surface area contributed by atoms with Crippen LogP contribution >= 0.6 is 0 Å². The van der Waals surface area contributed by atoms with Crippen LogP contribution in [0.2, 0.25) is 0 Å². The summed E-state index contributed by atoms with van der Waals surface area (Å²) in [5.74, 6) is 0. The predicted molar refractivity (Wildman–Crippen MR) is 74.4 cm³/mol. The average Bonchev–Trinajstić information content (AvgIpc) is 2.35. The van der Waals surface area contributed by atoms with Crippen molar-refractivity contribution in [2.75, 3.05) is 0 Å². The summed E-state index contributed by atoms with van der Waals surface area (Å²) in [5, 5.41) is 9.84. The minimum atomic E-state index is -0.728. The highest BCUT2D eigenvalue weighted by atomic mass is 16.3. The minimum absolute atomic E-state index is 0.705. The third-order valence-corrected chi connectivity index (χ3v) is 2.22. The van der Waals surface area contributed by atoms with Crippen molar-refractivity contribution in [1.29, 1.82) is 0 Å². The zero-order valence-electron chi connectivity index (χ0n) is 11.5. The van der Waals surface area contributed by atoms with Crippen molar-refractivity contribution in [1.82, 2.24) is 0 Å². The zero-order valence-corrected chi connectivity index (χ0v) is 11.5. The number of aliphatic hydroxyl groups is 1. The van der Waals surface area contributed by atoms with Crippen LogP contribution in [-0.4, -0.2) is 13.0 Å². The van der Waals surface area contributed by atoms with E-state index in [2.05, 4.69) is 0 Å². The molecule has 0 amide bonds. The molecule has 0 aromatic heterocycles. The molecule has 0 aliphatic carbocycles. The Bertz CT molecular complexity index is 252. The molecule has 0 bridgehead atoms. The highest BCUT2D eigenvalue weighted by Gasteiger charge is 2.19. The van der Waals surface area contributed by atoms with Crippen LogP contribution in [0.5, 0.6) is 0 Å². The predicted octanol–water partition coefficient (Wildman–Crippen LogP) is 3.15. The Kier molecular flexibility index (Phi) is 10.4. The molecular formula is C14H25BO. The minimum Gasteiger partial charge on any atom is -0.385 e. The molecule has 1 aromatic carbocycles. The molecule has 90 valence electrons. The second kappa shape index (κ2) is 9.47. The first-order chi connectivity index (χ1) is 7.56. The van der Waals surface area contributed by atoms with Gasteiger partial charge < -0.3 is 5.11 Å². The Hall–Kier alpha value is -0.755. The van der Waals surface area contributed by atoms with Crippen molar-refractivity contribution in [2.45, 2.75) is 53.6 Å². The van der Waals surface area contributed by atoms with Gasteiger partial charge in [-0.1, -0.05) is 64.3 Å². The maximum Gasteiger partial charge on any atom is 0.113 e. The van der Waals surface area contributed by atoms with E-state index in [-0.39, 0.29) is 0 Å². The van der Waals surface area contributed by atoms with E-state index < -0.39 is 5.60 Å². The Labute approximate surface area is 102 Å². The lowest BCUT2D eigenvalue weighted by atomic mass is 9.89. The first-order valence-electron chi connectivity index (χ1n) is 6.14. The van der Waals surface area contributed by atoms with E-state index in [1.807, 2.05) is 46.8 Å². The average molecular weight is 220 g/mol. The topological polar surface area (TPSA) is 20.2 Å². The second-order valence-corrected chi connectivity index (χ2v) is 3.25. The number of hydrogen-bond acceptors (Lipinski definition) is 1. The van der Waals surface area contributed by atoms with Crippen LogP contribution in [0.15, 0.2) is 24.3 Å². The molecule has 1 nitrogen and oxygen atoms in total. The van der Waals surface area contributed by atoms with E-state index in [0.717, 1.165) is 11.0 Å². The van der Waals surface area contributed by atoms with Gasteiger partial charge >= 0.3 is 0 Å². The van der Waals surface area contributed by atoms with Crippen LogP contribution in [-0.2, 0) is 5.60 Å². The van der Waals surface area contributed by atoms with Crippen LogP contribution in [0, 0.1) is 0 Å². The smallest absolute Gasteiger partial charge is 0.113 e. The molecule has 2 radical (unpaired) electrons. The normalized spacial score (nSPS) is 12.4. The van der Waals surface area contributed by atoms with Gasteiger partial charge in [0, 0.05) is 0 Å². The SMILES string of the molecule is CC.CC.[B]c1ccc(C(C)(O)CC)cc1. The van der Waals surface area contributed by atoms with Crippen LogP contribution < -0.4 is 5.46 Å². The van der Waals surface area contributed by atoms with Gasteiger partial charge in [-0.3, -0.25) is 0 Å². The molecule has 1 unspecified atom stereocenters. The molecule has 1 N–H and O–H groups in total. The van der Waals surface area contributed by atoms with Gasteiger partial charge in [-0.05, 0) is 18.9 Å². The summed E-state index contributed by atoms with van der Waals surface area (Å²) in [6, 6.07) is 7.33. The quantitative estimate of drug-likeness (QED) is 0.759. The molecule has 0 aliphatic heterocycles. The lowest BCUT2D eigenvalue weighted by molar-refractivity contribution is 0.0531. The fourth-order valence-electron chi connectivity index (χ4n) is 1.05. The lowest BCUT2D eigenvalue weighted by Gasteiger charge is -2.21. The Morgan fingerprint density at radius 3 is 1.75 bits per heavy atom. The lowest BCUT2D eigenvalue weighted by Crippen LogP contribution is -2.20. The van der Waals surface area contributed by atoms with E-state index in [9.17, 15) is 5.11 Å². The second-order valence-electron chi connectivity index (χ2n) is 3.25. The van der Waals surface area contributed by atoms with Gasteiger partial charge in [0.2, 0.25) is 0 Å². The van der Waals surface area contributed by atoms with Crippen LogP contribution in [0.1, 0.15) is 53.5 Å². The summed E-state index contributed by atoms with van der Waals surface area (Å²) in [6.07, 6.45) is 0.705. The van der Waals surface area contributed by atoms with Gasteiger partial charge in [0.05, 0.1) is 5.60 Å². The summed E-state index contributed by atoms with van der Waals surface area (Å²) in [5.41, 5.74) is 0.915. The molecule has 1 aromatic rings. The maximum absolute atomic E-state index is 9.84. The van der Waals surface area contributed by atoms with E-state index >= 15 is 0 Å². The largest absolute Gasteiger partial charge is 0.385 e. The molecule has 0 heterocycles. The van der Waals surface area contributed by atoms with Crippen LogP contribution in [0.25, 0.3) is 0 Å². The van der Waals surface area contributed by atoms with Gasteiger partial charge in [0.1, 0.15) is 7.85 Å². The highest BCUT2D eigenvalue weighted by Crippen LogP contribution is 2.22. The first-order valence-corrected chi connectivity index (χ1v) is 6.14. The molecule has 1 rings (SSSR count). The van der Waals surface area contributed by atoms with Gasteiger partial charge in [-0.15, -0.1) is 0 Å². The van der Waals surface area contributed by atoms with Crippen molar-refractivity contribution >= 4 is 13.3 Å². The van der Waals surface area contributed by atoms with Crippen LogP contribution in [0.4, 0.5) is 0 Å². The van der Waals surface area contributed by atoms with Crippen molar-refractivity contribution in [3.63, 3.8) is 0 Å². The molecular weight excluding hydrogens is 195 g/mol. The fourth-order valence-corrected chi connectivity index (χ4v) is 1.05. The van der Waals surface area contributed by atoms with Gasteiger partial charge in [-0.2, -0.15) is 0 Å². The van der Waals surface area contributed by atoms with E-state index in [1.54, 1.807) is 19.1 Å². The third kappa shape index (κ3) is 5.97. The summed E-state index contributed by atoms with van der Waals surface area (Å²) in [4.78, 5) is 0. The van der Waals surface area contributed by atoms with Crippen molar-refractivity contribution in [3.05, 3.63) is 29.8 Å². The Morgan fingerprint density at radius 1 is 1.06 bits per heavy atom. The molecule has 1 atom stereocenters. The van der Waals surface area contributed by atoms with Crippen molar-refractivity contribution in [3.8, 4) is 0 Å². The fraction of sp³-hybridized carbons (Fsp3) is 0.571. The van der Waals surface area contributed by atoms with E-state index in [1.165, 1.54) is 0 Å². The molecule has 0 saturated heterocycles. The number of hydrogen-bond donors (Lipinski definition) is 1. The molecule has 0 fully saturated rings. The highest BCUT2D eigenvalue weighted by molar-refractivity contribution is 6.32. The molecule has 0 spiro atoms. The molecule has 0 aliphatic rings. The number of benzene rings is 1. The van der Waals surface area contributed by atoms with E-state index in [4.69, 9.17) is 7.85 Å². The van der Waals surface area contributed by atoms with Gasteiger partial charge in [0.15, 0.2) is 0 Å². The maximum atomic E-state index is 9.84. The van der Waals surface area contributed by atoms with E-state index in [0.29, 0.717) is 6.42 Å².